The first kappa shape index (κ1) is 16.0. The number of halogens is 1. The molecule has 0 saturated carbocycles. The Morgan fingerprint density at radius 1 is 0.905 bits per heavy atom. The summed E-state index contributed by atoms with van der Waals surface area (Å²) in [6.45, 7) is 2.72. The topological polar surface area (TPSA) is 23.5 Å². The zero-order chi connectivity index (χ0) is 13.8. The summed E-state index contributed by atoms with van der Waals surface area (Å²) >= 11 is 0. The molecule has 0 aliphatic carbocycles. The number of nitrogens with zero attached hydrogens (tertiary/aromatic N) is 1. The van der Waals surface area contributed by atoms with Crippen LogP contribution < -0.4 is 0 Å². The number of rotatable bonds is 3. The lowest BCUT2D eigenvalue weighted by molar-refractivity contribution is 0.0549. The maximum Gasteiger partial charge on any atom is 0.0673 e. The summed E-state index contributed by atoms with van der Waals surface area (Å²) in [7, 11) is 0. The third kappa shape index (κ3) is 4.31. The van der Waals surface area contributed by atoms with E-state index in [1.807, 2.05) is 12.1 Å². The molecule has 3 rings (SSSR count). The summed E-state index contributed by atoms with van der Waals surface area (Å²) in [6.07, 6.45) is 0.646. The SMILES string of the molecule is Cl.O[C@@H]1C[C@H](c2ccccc2)CN(Cc2ccccc2)C1. The van der Waals surface area contributed by atoms with Gasteiger partial charge in [-0.3, -0.25) is 4.90 Å². The molecule has 2 atom stereocenters. The average Bonchev–Trinajstić information content (AvgIpc) is 2.49. The van der Waals surface area contributed by atoms with E-state index < -0.39 is 0 Å². The van der Waals surface area contributed by atoms with Crippen molar-refractivity contribution < 1.29 is 5.11 Å². The molecule has 0 radical (unpaired) electrons. The Balaban J connectivity index is 0.00000161. The van der Waals surface area contributed by atoms with Crippen molar-refractivity contribution in [1.29, 1.82) is 0 Å². The predicted octanol–water partition coefficient (Wildman–Crippen LogP) is 3.46. The minimum atomic E-state index is -0.224. The molecule has 0 bridgehead atoms. The van der Waals surface area contributed by atoms with E-state index >= 15 is 0 Å². The molecular formula is C18H22ClNO. The molecule has 1 saturated heterocycles. The van der Waals surface area contributed by atoms with Gasteiger partial charge in [0.25, 0.3) is 0 Å². The summed E-state index contributed by atoms with van der Waals surface area (Å²) in [5.74, 6) is 0.434. The Bertz CT molecular complexity index is 531. The zero-order valence-corrected chi connectivity index (χ0v) is 12.9. The van der Waals surface area contributed by atoms with E-state index in [1.54, 1.807) is 0 Å². The molecule has 1 fully saturated rings. The van der Waals surface area contributed by atoms with Gasteiger partial charge < -0.3 is 5.11 Å². The molecule has 112 valence electrons. The first-order valence-corrected chi connectivity index (χ1v) is 7.30. The summed E-state index contributed by atoms with van der Waals surface area (Å²) in [6, 6.07) is 21.0. The fourth-order valence-electron chi connectivity index (χ4n) is 3.10. The molecule has 0 aromatic heterocycles. The maximum atomic E-state index is 10.1. The Morgan fingerprint density at radius 2 is 1.52 bits per heavy atom. The molecule has 1 N–H and O–H groups in total. The minimum Gasteiger partial charge on any atom is -0.392 e. The monoisotopic (exact) mass is 303 g/mol. The van der Waals surface area contributed by atoms with Crippen LogP contribution in [-0.4, -0.2) is 29.2 Å². The maximum absolute atomic E-state index is 10.1. The quantitative estimate of drug-likeness (QED) is 0.938. The smallest absolute Gasteiger partial charge is 0.0673 e. The van der Waals surface area contributed by atoms with Crippen molar-refractivity contribution in [2.24, 2.45) is 0 Å². The standard InChI is InChI=1S/C18H21NO.ClH/c20-18-11-17(16-9-5-2-6-10-16)13-19(14-18)12-15-7-3-1-4-8-15;/h1-10,17-18,20H,11-14H2;1H/t17-,18+;/m0./s1. The van der Waals surface area contributed by atoms with Gasteiger partial charge in [-0.1, -0.05) is 60.7 Å². The van der Waals surface area contributed by atoms with E-state index in [9.17, 15) is 5.11 Å². The third-order valence-electron chi connectivity index (χ3n) is 4.02. The number of hydrogen-bond donors (Lipinski definition) is 1. The van der Waals surface area contributed by atoms with Crippen LogP contribution in [0.4, 0.5) is 0 Å². The number of likely N-dealkylation sites (tertiary alicyclic amines) is 1. The molecule has 1 heterocycles. The van der Waals surface area contributed by atoms with Crippen LogP contribution in [0.3, 0.4) is 0 Å². The molecule has 3 heteroatoms. The molecule has 21 heavy (non-hydrogen) atoms. The summed E-state index contributed by atoms with van der Waals surface area (Å²) in [5.41, 5.74) is 2.65. The lowest BCUT2D eigenvalue weighted by atomic mass is 9.89. The Labute approximate surface area is 132 Å². The van der Waals surface area contributed by atoms with Gasteiger partial charge in [0.15, 0.2) is 0 Å². The number of benzene rings is 2. The van der Waals surface area contributed by atoms with Crippen LogP contribution in [0.1, 0.15) is 23.5 Å². The lowest BCUT2D eigenvalue weighted by Gasteiger charge is -2.36. The molecule has 0 spiro atoms. The summed E-state index contributed by atoms with van der Waals surface area (Å²) in [5, 5.41) is 10.1. The molecule has 0 unspecified atom stereocenters. The summed E-state index contributed by atoms with van der Waals surface area (Å²) < 4.78 is 0. The highest BCUT2D eigenvalue weighted by Crippen LogP contribution is 2.27. The van der Waals surface area contributed by atoms with Crippen molar-refractivity contribution >= 4 is 12.4 Å². The molecule has 2 aromatic carbocycles. The molecule has 0 amide bonds. The third-order valence-corrected chi connectivity index (χ3v) is 4.02. The van der Waals surface area contributed by atoms with E-state index in [4.69, 9.17) is 0 Å². The Kier molecular flexibility index (Phi) is 5.80. The van der Waals surface area contributed by atoms with Crippen LogP contribution in [0.2, 0.25) is 0 Å². The second-order valence-corrected chi connectivity index (χ2v) is 5.68. The molecular weight excluding hydrogens is 282 g/mol. The highest BCUT2D eigenvalue weighted by Gasteiger charge is 2.26. The Morgan fingerprint density at radius 3 is 2.19 bits per heavy atom. The van der Waals surface area contributed by atoms with Crippen molar-refractivity contribution in [2.75, 3.05) is 13.1 Å². The van der Waals surface area contributed by atoms with Crippen molar-refractivity contribution in [3.05, 3.63) is 71.8 Å². The average molecular weight is 304 g/mol. The van der Waals surface area contributed by atoms with Gasteiger partial charge in [0.2, 0.25) is 0 Å². The number of aliphatic hydroxyl groups excluding tert-OH is 1. The fraction of sp³-hybridized carbons (Fsp3) is 0.333. The molecule has 2 nitrogen and oxygen atoms in total. The van der Waals surface area contributed by atoms with Crippen LogP contribution in [0.5, 0.6) is 0 Å². The summed E-state index contributed by atoms with van der Waals surface area (Å²) in [4.78, 5) is 2.36. The van der Waals surface area contributed by atoms with Gasteiger partial charge in [-0.15, -0.1) is 12.4 Å². The minimum absolute atomic E-state index is 0. The lowest BCUT2D eigenvalue weighted by Crippen LogP contribution is -2.41. The van der Waals surface area contributed by atoms with Gasteiger partial charge in [-0.2, -0.15) is 0 Å². The number of aliphatic hydroxyl groups is 1. The van der Waals surface area contributed by atoms with Crippen LogP contribution in [0.25, 0.3) is 0 Å². The van der Waals surface area contributed by atoms with Gasteiger partial charge in [0.1, 0.15) is 0 Å². The van der Waals surface area contributed by atoms with Crippen molar-refractivity contribution in [2.45, 2.75) is 25.0 Å². The molecule has 1 aliphatic heterocycles. The van der Waals surface area contributed by atoms with E-state index in [-0.39, 0.29) is 18.5 Å². The first-order chi connectivity index (χ1) is 9.81. The van der Waals surface area contributed by atoms with Gasteiger partial charge in [-0.05, 0) is 23.5 Å². The van der Waals surface area contributed by atoms with Crippen LogP contribution in [-0.2, 0) is 6.54 Å². The van der Waals surface area contributed by atoms with Gasteiger partial charge >= 0.3 is 0 Å². The fourth-order valence-corrected chi connectivity index (χ4v) is 3.10. The van der Waals surface area contributed by atoms with Crippen molar-refractivity contribution in [1.82, 2.24) is 4.90 Å². The van der Waals surface area contributed by atoms with Gasteiger partial charge in [0, 0.05) is 19.6 Å². The van der Waals surface area contributed by atoms with Crippen molar-refractivity contribution in [3.63, 3.8) is 0 Å². The Hall–Kier alpha value is -1.35. The second-order valence-electron chi connectivity index (χ2n) is 5.68. The molecule has 2 aromatic rings. The van der Waals surface area contributed by atoms with E-state index in [1.165, 1.54) is 11.1 Å². The second kappa shape index (κ2) is 7.60. The number of hydrogen-bond acceptors (Lipinski definition) is 2. The van der Waals surface area contributed by atoms with Crippen LogP contribution in [0, 0.1) is 0 Å². The van der Waals surface area contributed by atoms with Crippen LogP contribution in [0.15, 0.2) is 60.7 Å². The van der Waals surface area contributed by atoms with Gasteiger partial charge in [0.05, 0.1) is 6.10 Å². The molecule has 1 aliphatic rings. The highest BCUT2D eigenvalue weighted by molar-refractivity contribution is 5.85. The first-order valence-electron chi connectivity index (χ1n) is 7.30. The number of piperidine rings is 1. The number of β-amino-alcohol motifs (C(OH)–C–C–N with tert-alkyl or cyclic N) is 1. The highest BCUT2D eigenvalue weighted by atomic mass is 35.5. The normalized spacial score (nSPS) is 22.5. The van der Waals surface area contributed by atoms with Crippen molar-refractivity contribution in [3.8, 4) is 0 Å². The largest absolute Gasteiger partial charge is 0.392 e. The van der Waals surface area contributed by atoms with E-state index in [0.29, 0.717) is 5.92 Å². The zero-order valence-electron chi connectivity index (χ0n) is 12.1. The van der Waals surface area contributed by atoms with E-state index in [0.717, 1.165) is 26.1 Å². The van der Waals surface area contributed by atoms with Crippen LogP contribution >= 0.6 is 12.4 Å². The van der Waals surface area contributed by atoms with Gasteiger partial charge in [-0.25, -0.2) is 0 Å². The van der Waals surface area contributed by atoms with E-state index in [2.05, 4.69) is 53.4 Å². The predicted molar refractivity (Wildman–Crippen MR) is 88.8 cm³/mol.